The summed E-state index contributed by atoms with van der Waals surface area (Å²) in [6.07, 6.45) is 3.42. The van der Waals surface area contributed by atoms with Gasteiger partial charge in [0.1, 0.15) is 5.75 Å². The number of hydrogen-bond acceptors (Lipinski definition) is 5. The van der Waals surface area contributed by atoms with E-state index in [0.29, 0.717) is 12.3 Å². The lowest BCUT2D eigenvalue weighted by atomic mass is 10.1. The summed E-state index contributed by atoms with van der Waals surface area (Å²) in [5.41, 5.74) is 3.00. The van der Waals surface area contributed by atoms with E-state index in [-0.39, 0.29) is 12.0 Å². The van der Waals surface area contributed by atoms with Crippen LogP contribution in [0.25, 0.3) is 17.0 Å². The standard InChI is InChI=1S/C22H22N6O2/c1-30-18-11-9-17(10-12-18)19-13-15-23-21-25-20(27-28(19)21)26-22(29)24-14-5-8-16-6-3-2-4-7-16/h2-4,6-7,9-13,15H,5,8,14H2,1H3,(H2,24,26,27,29). The van der Waals surface area contributed by atoms with Gasteiger partial charge in [-0.1, -0.05) is 30.3 Å². The van der Waals surface area contributed by atoms with E-state index in [1.54, 1.807) is 17.8 Å². The highest BCUT2D eigenvalue weighted by atomic mass is 16.5. The minimum atomic E-state index is -0.343. The first-order chi connectivity index (χ1) is 14.7. The van der Waals surface area contributed by atoms with Crippen molar-refractivity contribution in [1.29, 1.82) is 0 Å². The van der Waals surface area contributed by atoms with Crippen molar-refractivity contribution in [1.82, 2.24) is 24.9 Å². The summed E-state index contributed by atoms with van der Waals surface area (Å²) in [7, 11) is 1.63. The van der Waals surface area contributed by atoms with Crippen molar-refractivity contribution in [2.75, 3.05) is 19.0 Å². The Hall–Kier alpha value is -3.94. The Labute approximate surface area is 173 Å². The van der Waals surface area contributed by atoms with Gasteiger partial charge in [0.05, 0.1) is 12.8 Å². The second kappa shape index (κ2) is 9.04. The zero-order chi connectivity index (χ0) is 20.8. The molecule has 0 bridgehead atoms. The molecule has 0 aliphatic rings. The summed E-state index contributed by atoms with van der Waals surface area (Å²) in [6, 6.07) is 19.3. The molecule has 0 atom stereocenters. The molecule has 2 heterocycles. The number of amides is 2. The van der Waals surface area contributed by atoms with Gasteiger partial charge in [0.2, 0.25) is 0 Å². The van der Waals surface area contributed by atoms with E-state index >= 15 is 0 Å². The van der Waals surface area contributed by atoms with Crippen molar-refractivity contribution in [2.45, 2.75) is 12.8 Å². The third-order valence-corrected chi connectivity index (χ3v) is 4.62. The molecule has 30 heavy (non-hydrogen) atoms. The Balaban J connectivity index is 1.39. The number of benzene rings is 2. The van der Waals surface area contributed by atoms with Crippen LogP contribution in [0.5, 0.6) is 5.75 Å². The summed E-state index contributed by atoms with van der Waals surface area (Å²) >= 11 is 0. The van der Waals surface area contributed by atoms with Gasteiger partial charge in [0.15, 0.2) is 0 Å². The molecule has 0 saturated heterocycles. The molecule has 0 saturated carbocycles. The molecule has 0 radical (unpaired) electrons. The number of aromatic nitrogens is 4. The first-order valence-corrected chi connectivity index (χ1v) is 9.68. The maximum absolute atomic E-state index is 12.2. The number of hydrogen-bond donors (Lipinski definition) is 2. The van der Waals surface area contributed by atoms with Crippen LogP contribution in [-0.2, 0) is 6.42 Å². The molecule has 2 aromatic heterocycles. The van der Waals surface area contributed by atoms with E-state index in [9.17, 15) is 4.79 Å². The molecule has 2 amide bonds. The van der Waals surface area contributed by atoms with Crippen molar-refractivity contribution in [3.63, 3.8) is 0 Å². The first-order valence-electron chi connectivity index (χ1n) is 9.68. The van der Waals surface area contributed by atoms with Gasteiger partial charge in [0.25, 0.3) is 11.7 Å². The highest BCUT2D eigenvalue weighted by Crippen LogP contribution is 2.22. The number of ether oxygens (including phenoxy) is 1. The number of urea groups is 1. The average Bonchev–Trinajstić information content (AvgIpc) is 3.20. The molecule has 8 heteroatoms. The number of carbonyl (C=O) groups excluding carboxylic acids is 1. The summed E-state index contributed by atoms with van der Waals surface area (Å²) in [5, 5.41) is 9.89. The number of nitrogens with one attached hydrogen (secondary N) is 2. The Kier molecular flexibility index (Phi) is 5.84. The Morgan fingerprint density at radius 2 is 1.87 bits per heavy atom. The second-order valence-corrected chi connectivity index (χ2v) is 6.68. The maximum atomic E-state index is 12.2. The van der Waals surface area contributed by atoms with E-state index in [1.807, 2.05) is 48.5 Å². The fourth-order valence-electron chi connectivity index (χ4n) is 3.11. The smallest absolute Gasteiger partial charge is 0.321 e. The number of aryl methyl sites for hydroxylation is 1. The van der Waals surface area contributed by atoms with Gasteiger partial charge in [-0.3, -0.25) is 5.32 Å². The number of fused-ring (bicyclic) bond motifs is 1. The molecule has 8 nitrogen and oxygen atoms in total. The second-order valence-electron chi connectivity index (χ2n) is 6.68. The van der Waals surface area contributed by atoms with Crippen LogP contribution in [0.2, 0.25) is 0 Å². The Bertz CT molecular complexity index is 1130. The summed E-state index contributed by atoms with van der Waals surface area (Å²) in [6.45, 7) is 0.559. The van der Waals surface area contributed by atoms with E-state index in [0.717, 1.165) is 29.8 Å². The summed E-state index contributed by atoms with van der Waals surface area (Å²) < 4.78 is 6.81. The lowest BCUT2D eigenvalue weighted by molar-refractivity contribution is 0.252. The van der Waals surface area contributed by atoms with Crippen molar-refractivity contribution in [2.24, 2.45) is 0 Å². The lowest BCUT2D eigenvalue weighted by Crippen LogP contribution is -2.30. The number of anilines is 1. The summed E-state index contributed by atoms with van der Waals surface area (Å²) in [5.74, 6) is 1.38. The minimum Gasteiger partial charge on any atom is -0.497 e. The number of methoxy groups -OCH3 is 1. The van der Waals surface area contributed by atoms with E-state index in [4.69, 9.17) is 4.74 Å². The monoisotopic (exact) mass is 402 g/mol. The molecule has 0 spiro atoms. The van der Waals surface area contributed by atoms with Gasteiger partial charge in [-0.05, 0) is 48.7 Å². The van der Waals surface area contributed by atoms with Crippen LogP contribution >= 0.6 is 0 Å². The number of nitrogens with zero attached hydrogens (tertiary/aromatic N) is 4. The van der Waals surface area contributed by atoms with E-state index < -0.39 is 0 Å². The molecule has 0 fully saturated rings. The predicted molar refractivity (Wildman–Crippen MR) is 115 cm³/mol. The highest BCUT2D eigenvalue weighted by Gasteiger charge is 2.12. The molecule has 0 unspecified atom stereocenters. The lowest BCUT2D eigenvalue weighted by Gasteiger charge is -2.05. The minimum absolute atomic E-state index is 0.198. The molecular weight excluding hydrogens is 380 g/mol. The maximum Gasteiger partial charge on any atom is 0.321 e. The zero-order valence-corrected chi connectivity index (χ0v) is 16.6. The normalized spacial score (nSPS) is 10.7. The highest BCUT2D eigenvalue weighted by molar-refractivity contribution is 5.87. The topological polar surface area (TPSA) is 93.4 Å². The quantitative estimate of drug-likeness (QED) is 0.461. The van der Waals surface area contributed by atoms with Crippen LogP contribution in [0.15, 0.2) is 66.9 Å². The third-order valence-electron chi connectivity index (χ3n) is 4.62. The van der Waals surface area contributed by atoms with Gasteiger partial charge in [-0.25, -0.2) is 9.78 Å². The van der Waals surface area contributed by atoms with Crippen molar-refractivity contribution in [3.05, 3.63) is 72.4 Å². The van der Waals surface area contributed by atoms with Gasteiger partial charge in [-0.15, -0.1) is 5.10 Å². The van der Waals surface area contributed by atoms with E-state index in [2.05, 4.69) is 37.8 Å². The van der Waals surface area contributed by atoms with Crippen molar-refractivity contribution in [3.8, 4) is 17.0 Å². The summed E-state index contributed by atoms with van der Waals surface area (Å²) in [4.78, 5) is 20.7. The third kappa shape index (κ3) is 4.54. The van der Waals surface area contributed by atoms with Gasteiger partial charge < -0.3 is 10.1 Å². The molecule has 0 aliphatic heterocycles. The predicted octanol–water partition coefficient (Wildman–Crippen LogP) is 3.55. The molecule has 4 rings (SSSR count). The first kappa shape index (κ1) is 19.4. The van der Waals surface area contributed by atoms with E-state index in [1.165, 1.54) is 5.56 Å². The average molecular weight is 402 g/mol. The van der Waals surface area contributed by atoms with Crippen molar-refractivity contribution >= 4 is 17.8 Å². The van der Waals surface area contributed by atoms with Crippen LogP contribution < -0.4 is 15.4 Å². The van der Waals surface area contributed by atoms with Crippen LogP contribution in [0.1, 0.15) is 12.0 Å². The number of carbonyl (C=O) groups is 1. The van der Waals surface area contributed by atoms with Gasteiger partial charge in [0, 0.05) is 18.3 Å². The fourth-order valence-corrected chi connectivity index (χ4v) is 3.11. The van der Waals surface area contributed by atoms with Crippen LogP contribution in [0.4, 0.5) is 10.7 Å². The van der Waals surface area contributed by atoms with Crippen molar-refractivity contribution < 1.29 is 9.53 Å². The molecular formula is C22H22N6O2. The van der Waals surface area contributed by atoms with Crippen LogP contribution in [-0.4, -0.2) is 39.3 Å². The van der Waals surface area contributed by atoms with Crippen LogP contribution in [0, 0.1) is 0 Å². The van der Waals surface area contributed by atoms with Gasteiger partial charge in [-0.2, -0.15) is 9.50 Å². The Morgan fingerprint density at radius 1 is 1.07 bits per heavy atom. The van der Waals surface area contributed by atoms with Crippen LogP contribution in [0.3, 0.4) is 0 Å². The SMILES string of the molecule is COc1ccc(-c2ccnc3nc(NC(=O)NCCCc4ccccc4)nn23)cc1. The number of rotatable bonds is 7. The molecule has 4 aromatic rings. The molecule has 2 aromatic carbocycles. The molecule has 2 N–H and O–H groups in total. The molecule has 152 valence electrons. The van der Waals surface area contributed by atoms with Gasteiger partial charge >= 0.3 is 6.03 Å². The Morgan fingerprint density at radius 3 is 2.63 bits per heavy atom. The largest absolute Gasteiger partial charge is 0.497 e. The fraction of sp³-hybridized carbons (Fsp3) is 0.182. The zero-order valence-electron chi connectivity index (χ0n) is 16.6. The molecule has 0 aliphatic carbocycles.